The molecule has 1 aliphatic heterocycles. The Morgan fingerprint density at radius 2 is 1.88 bits per heavy atom. The quantitative estimate of drug-likeness (QED) is 0.485. The number of rotatable bonds is 7. The van der Waals surface area contributed by atoms with Crippen molar-refractivity contribution in [1.29, 1.82) is 0 Å². The first-order valence-corrected chi connectivity index (χ1v) is 13.5. The van der Waals surface area contributed by atoms with E-state index in [1.165, 1.54) is 27.8 Å². The lowest BCUT2D eigenvalue weighted by Gasteiger charge is -2.34. The molecule has 1 amide bonds. The van der Waals surface area contributed by atoms with Crippen LogP contribution < -0.4 is 4.90 Å². The van der Waals surface area contributed by atoms with Crippen LogP contribution in [0.5, 0.6) is 0 Å². The van der Waals surface area contributed by atoms with E-state index in [1.54, 1.807) is 17.0 Å². The number of carbonyl (C=O) groups excluding carboxylic acids is 1. The number of fused-ring (bicyclic) bond motifs is 1. The molecule has 0 N–H and O–H groups in total. The summed E-state index contributed by atoms with van der Waals surface area (Å²) in [5.74, 6) is -0.498. The Balaban J connectivity index is 1.58. The van der Waals surface area contributed by atoms with Crippen LogP contribution in [0.1, 0.15) is 12.8 Å². The fourth-order valence-electron chi connectivity index (χ4n) is 3.91. The number of thiazole rings is 1. The van der Waals surface area contributed by atoms with Crippen LogP contribution >= 0.6 is 22.9 Å². The molecule has 4 rings (SSSR count). The maximum absolute atomic E-state index is 13.7. The lowest BCUT2D eigenvalue weighted by Crippen LogP contribution is -2.48. The van der Waals surface area contributed by atoms with Crippen LogP contribution in [0.2, 0.25) is 5.02 Å². The summed E-state index contributed by atoms with van der Waals surface area (Å²) in [7, 11) is 0.222. The summed E-state index contributed by atoms with van der Waals surface area (Å²) in [5.41, 5.74) is 0.857. The first-order valence-electron chi connectivity index (χ1n) is 10.8. The minimum Gasteiger partial charge on any atom is -0.308 e. The summed E-state index contributed by atoms with van der Waals surface area (Å²) < 4.78 is 28.8. The molecule has 3 aromatic rings. The van der Waals surface area contributed by atoms with Crippen molar-refractivity contribution in [2.24, 2.45) is 5.92 Å². The molecule has 7 nitrogen and oxygen atoms in total. The molecule has 1 aliphatic rings. The third kappa shape index (κ3) is 5.38. The Labute approximate surface area is 203 Å². The van der Waals surface area contributed by atoms with Gasteiger partial charge < -0.3 is 4.90 Å². The molecule has 0 saturated carbocycles. The number of amides is 1. The highest BCUT2D eigenvalue weighted by Gasteiger charge is 2.36. The second-order valence-electron chi connectivity index (χ2n) is 8.41. The van der Waals surface area contributed by atoms with E-state index >= 15 is 0 Å². The van der Waals surface area contributed by atoms with E-state index in [2.05, 4.69) is 0 Å². The van der Waals surface area contributed by atoms with Gasteiger partial charge in [-0.25, -0.2) is 13.4 Å². The van der Waals surface area contributed by atoms with Gasteiger partial charge in [0.05, 0.1) is 21.0 Å². The maximum Gasteiger partial charge on any atom is 0.243 e. The van der Waals surface area contributed by atoms with Crippen molar-refractivity contribution in [1.82, 2.24) is 14.2 Å². The number of aromatic nitrogens is 1. The number of sulfonamides is 1. The van der Waals surface area contributed by atoms with Crippen molar-refractivity contribution in [3.8, 4) is 0 Å². The predicted octanol–water partition coefficient (Wildman–Crippen LogP) is 3.95. The second kappa shape index (κ2) is 10.1. The average molecular weight is 507 g/mol. The molecule has 1 aromatic heterocycles. The van der Waals surface area contributed by atoms with E-state index in [-0.39, 0.29) is 17.3 Å². The number of benzene rings is 2. The molecule has 10 heteroatoms. The van der Waals surface area contributed by atoms with E-state index in [0.29, 0.717) is 42.6 Å². The van der Waals surface area contributed by atoms with E-state index in [1.807, 2.05) is 43.3 Å². The van der Waals surface area contributed by atoms with Crippen molar-refractivity contribution in [2.45, 2.75) is 17.7 Å². The van der Waals surface area contributed by atoms with Crippen LogP contribution in [-0.2, 0) is 14.8 Å². The molecule has 1 unspecified atom stereocenters. The highest BCUT2D eigenvalue weighted by atomic mass is 35.5. The smallest absolute Gasteiger partial charge is 0.243 e. The number of hydrogen-bond acceptors (Lipinski definition) is 6. The van der Waals surface area contributed by atoms with Gasteiger partial charge in [0.25, 0.3) is 0 Å². The summed E-state index contributed by atoms with van der Waals surface area (Å²) in [6.45, 7) is 1.73. The summed E-state index contributed by atoms with van der Waals surface area (Å²) in [5, 5.41) is 1.13. The van der Waals surface area contributed by atoms with Gasteiger partial charge >= 0.3 is 0 Å². The minimum absolute atomic E-state index is 0.0769. The van der Waals surface area contributed by atoms with Gasteiger partial charge in [-0.2, -0.15) is 4.31 Å². The molecular formula is C23H27ClN4O3S2. The van der Waals surface area contributed by atoms with Crippen molar-refractivity contribution < 1.29 is 13.2 Å². The van der Waals surface area contributed by atoms with Crippen molar-refractivity contribution >= 4 is 54.2 Å². The highest BCUT2D eigenvalue weighted by Crippen LogP contribution is 2.32. The van der Waals surface area contributed by atoms with Crippen LogP contribution in [0.3, 0.4) is 0 Å². The monoisotopic (exact) mass is 506 g/mol. The summed E-state index contributed by atoms with van der Waals surface area (Å²) in [6, 6.07) is 14.0. The molecular weight excluding hydrogens is 480 g/mol. The van der Waals surface area contributed by atoms with Crippen LogP contribution in [0.25, 0.3) is 10.2 Å². The Morgan fingerprint density at radius 3 is 2.58 bits per heavy atom. The number of likely N-dealkylation sites (N-methyl/N-ethyl adjacent to an activating group) is 1. The van der Waals surface area contributed by atoms with Crippen LogP contribution in [0.4, 0.5) is 5.13 Å². The van der Waals surface area contributed by atoms with Crippen LogP contribution in [-0.4, -0.2) is 68.8 Å². The molecule has 1 atom stereocenters. The van der Waals surface area contributed by atoms with Crippen LogP contribution in [0.15, 0.2) is 53.4 Å². The zero-order chi connectivity index (χ0) is 23.6. The third-order valence-electron chi connectivity index (χ3n) is 5.74. The van der Waals surface area contributed by atoms with Gasteiger partial charge in [-0.1, -0.05) is 35.1 Å². The van der Waals surface area contributed by atoms with Crippen LogP contribution in [0, 0.1) is 5.92 Å². The molecule has 33 heavy (non-hydrogen) atoms. The Morgan fingerprint density at radius 1 is 1.15 bits per heavy atom. The van der Waals surface area contributed by atoms with Gasteiger partial charge in [0.1, 0.15) is 0 Å². The molecule has 2 heterocycles. The Hall–Kier alpha value is -2.04. The van der Waals surface area contributed by atoms with Gasteiger partial charge in [0.2, 0.25) is 15.9 Å². The normalized spacial score (nSPS) is 17.5. The molecule has 0 spiro atoms. The second-order valence-corrected chi connectivity index (χ2v) is 11.8. The summed E-state index contributed by atoms with van der Waals surface area (Å²) in [4.78, 5) is 22.3. The molecule has 1 fully saturated rings. The van der Waals surface area contributed by atoms with E-state index in [0.717, 1.165) is 10.2 Å². The van der Waals surface area contributed by atoms with E-state index in [9.17, 15) is 13.2 Å². The first kappa shape index (κ1) is 24.1. The average Bonchev–Trinajstić information content (AvgIpc) is 3.23. The zero-order valence-corrected chi connectivity index (χ0v) is 21.0. The van der Waals surface area contributed by atoms with Gasteiger partial charge in [0.15, 0.2) is 5.13 Å². The fourth-order valence-corrected chi connectivity index (χ4v) is 6.56. The fraction of sp³-hybridized carbons (Fsp3) is 0.391. The molecule has 0 radical (unpaired) electrons. The number of nitrogens with zero attached hydrogens (tertiary/aromatic N) is 4. The van der Waals surface area contributed by atoms with Gasteiger partial charge in [0, 0.05) is 31.2 Å². The Kier molecular flexibility index (Phi) is 7.35. The third-order valence-corrected chi connectivity index (χ3v) is 8.93. The van der Waals surface area contributed by atoms with Gasteiger partial charge in [-0.05, 0) is 63.3 Å². The molecule has 0 aliphatic carbocycles. The number of anilines is 1. The summed E-state index contributed by atoms with van der Waals surface area (Å²) in [6.07, 6.45) is 1.28. The molecule has 2 aromatic carbocycles. The van der Waals surface area contributed by atoms with Crippen molar-refractivity contribution in [3.05, 3.63) is 53.6 Å². The van der Waals surface area contributed by atoms with Crippen molar-refractivity contribution in [2.75, 3.05) is 45.2 Å². The number of carbonyl (C=O) groups is 1. The predicted molar refractivity (Wildman–Crippen MR) is 133 cm³/mol. The number of piperidine rings is 1. The maximum atomic E-state index is 13.7. The number of para-hydroxylation sites is 1. The highest BCUT2D eigenvalue weighted by molar-refractivity contribution is 7.89. The number of hydrogen-bond donors (Lipinski definition) is 0. The lowest BCUT2D eigenvalue weighted by molar-refractivity contribution is -0.123. The largest absolute Gasteiger partial charge is 0.308 e. The molecule has 1 saturated heterocycles. The number of halogens is 1. The molecule has 0 bridgehead atoms. The topological polar surface area (TPSA) is 73.8 Å². The van der Waals surface area contributed by atoms with E-state index in [4.69, 9.17) is 16.6 Å². The lowest BCUT2D eigenvalue weighted by atomic mass is 9.98. The van der Waals surface area contributed by atoms with Gasteiger partial charge in [-0.3, -0.25) is 9.69 Å². The Bertz CT molecular complexity index is 1190. The first-order chi connectivity index (χ1) is 15.8. The minimum atomic E-state index is -3.70. The zero-order valence-electron chi connectivity index (χ0n) is 18.6. The SMILES string of the molecule is CN(C)CCN(C(=O)C1CCCN(S(=O)(=O)c2ccc(Cl)cc2)C1)c1nc2ccccc2s1. The van der Waals surface area contributed by atoms with Gasteiger partial charge in [-0.15, -0.1) is 0 Å². The standard InChI is InChI=1S/C23H27ClN4O3S2/c1-26(2)14-15-28(23-25-20-7-3-4-8-21(20)32-23)22(29)17-6-5-13-27(16-17)33(30,31)19-11-9-18(24)10-12-19/h3-4,7-12,17H,5-6,13-16H2,1-2H3. The van der Waals surface area contributed by atoms with E-state index < -0.39 is 15.9 Å². The molecule has 176 valence electrons. The summed E-state index contributed by atoms with van der Waals surface area (Å²) >= 11 is 7.40. The van der Waals surface area contributed by atoms with Crippen molar-refractivity contribution in [3.63, 3.8) is 0 Å².